The van der Waals surface area contributed by atoms with Gasteiger partial charge in [-0.1, -0.05) is 6.07 Å². The molecule has 0 aromatic carbocycles. The van der Waals surface area contributed by atoms with Crippen molar-refractivity contribution in [3.8, 4) is 0 Å². The lowest BCUT2D eigenvalue weighted by atomic mass is 10.2. The van der Waals surface area contributed by atoms with Gasteiger partial charge in [0.25, 0.3) is 0 Å². The van der Waals surface area contributed by atoms with Crippen molar-refractivity contribution < 1.29 is 4.74 Å². The van der Waals surface area contributed by atoms with Gasteiger partial charge in [-0.2, -0.15) is 0 Å². The van der Waals surface area contributed by atoms with Crippen LogP contribution in [0.3, 0.4) is 0 Å². The molecule has 2 rings (SSSR count). The molecule has 88 valence electrons. The molecule has 0 spiro atoms. The Morgan fingerprint density at radius 3 is 3.31 bits per heavy atom. The van der Waals surface area contributed by atoms with Crippen molar-refractivity contribution in [2.75, 3.05) is 24.6 Å². The summed E-state index contributed by atoms with van der Waals surface area (Å²) in [7, 11) is 0. The summed E-state index contributed by atoms with van der Waals surface area (Å²) in [6.07, 6.45) is 3.13. The number of rotatable bonds is 2. The van der Waals surface area contributed by atoms with Gasteiger partial charge in [-0.05, 0) is 19.4 Å². The van der Waals surface area contributed by atoms with E-state index < -0.39 is 0 Å². The second-order valence-corrected chi connectivity index (χ2v) is 4.17. The first kappa shape index (κ1) is 11.4. The van der Waals surface area contributed by atoms with E-state index in [9.17, 15) is 0 Å². The predicted octanol–water partition coefficient (Wildman–Crippen LogP) is 1.16. The lowest BCUT2D eigenvalue weighted by molar-refractivity contribution is 0.0820. The highest BCUT2D eigenvalue weighted by Crippen LogP contribution is 2.19. The van der Waals surface area contributed by atoms with Crippen LogP contribution in [0.2, 0.25) is 0 Å². The van der Waals surface area contributed by atoms with Crippen LogP contribution < -0.4 is 10.6 Å². The lowest BCUT2D eigenvalue weighted by Crippen LogP contribution is -2.31. The molecule has 4 nitrogen and oxygen atoms in total. The molecule has 0 radical (unpaired) electrons. The molecular formula is C12H19N3O. The van der Waals surface area contributed by atoms with E-state index in [1.807, 2.05) is 18.3 Å². The average molecular weight is 221 g/mol. The van der Waals surface area contributed by atoms with Crippen LogP contribution in [0.25, 0.3) is 0 Å². The Hall–Kier alpha value is -1.13. The zero-order valence-electron chi connectivity index (χ0n) is 9.72. The van der Waals surface area contributed by atoms with Gasteiger partial charge in [0.15, 0.2) is 0 Å². The van der Waals surface area contributed by atoms with E-state index in [4.69, 9.17) is 10.5 Å². The van der Waals surface area contributed by atoms with Crippen LogP contribution in [-0.2, 0) is 11.3 Å². The van der Waals surface area contributed by atoms with E-state index >= 15 is 0 Å². The summed E-state index contributed by atoms with van der Waals surface area (Å²) in [6.45, 7) is 5.36. The number of anilines is 1. The van der Waals surface area contributed by atoms with Crippen molar-refractivity contribution in [1.82, 2.24) is 4.98 Å². The van der Waals surface area contributed by atoms with Gasteiger partial charge in [-0.15, -0.1) is 0 Å². The fraction of sp³-hybridized carbons (Fsp3) is 0.583. The standard InChI is InChI=1S/C12H19N3O/c1-10-9-15(6-3-7-16-10)12-11(8-13)4-2-5-14-12/h2,4-5,10H,3,6-9,13H2,1H3. The SMILES string of the molecule is CC1CN(c2ncccc2CN)CCCO1. The van der Waals surface area contributed by atoms with Crippen LogP contribution in [0.15, 0.2) is 18.3 Å². The number of ether oxygens (including phenoxy) is 1. The summed E-state index contributed by atoms with van der Waals surface area (Å²) >= 11 is 0. The number of nitrogens with two attached hydrogens (primary N) is 1. The fourth-order valence-electron chi connectivity index (χ4n) is 2.06. The normalized spacial score (nSPS) is 21.9. The average Bonchev–Trinajstić information content (AvgIpc) is 2.54. The predicted molar refractivity (Wildman–Crippen MR) is 64.4 cm³/mol. The Labute approximate surface area is 96.4 Å². The van der Waals surface area contributed by atoms with Crippen molar-refractivity contribution in [2.45, 2.75) is 26.0 Å². The summed E-state index contributed by atoms with van der Waals surface area (Å²) < 4.78 is 5.63. The minimum atomic E-state index is 0.259. The van der Waals surface area contributed by atoms with Crippen LogP contribution in [-0.4, -0.2) is 30.8 Å². The van der Waals surface area contributed by atoms with E-state index in [0.717, 1.165) is 37.5 Å². The van der Waals surface area contributed by atoms with Crippen molar-refractivity contribution in [3.63, 3.8) is 0 Å². The number of aromatic nitrogens is 1. The first-order valence-corrected chi connectivity index (χ1v) is 5.81. The molecule has 1 atom stereocenters. The Balaban J connectivity index is 2.20. The Kier molecular flexibility index (Phi) is 3.74. The Morgan fingerprint density at radius 2 is 2.50 bits per heavy atom. The molecule has 1 aliphatic rings. The highest BCUT2D eigenvalue weighted by atomic mass is 16.5. The summed E-state index contributed by atoms with van der Waals surface area (Å²) in [5.74, 6) is 1.02. The molecule has 1 saturated heterocycles. The minimum absolute atomic E-state index is 0.259. The molecule has 1 aromatic rings. The third-order valence-corrected chi connectivity index (χ3v) is 2.84. The first-order valence-electron chi connectivity index (χ1n) is 5.81. The van der Waals surface area contributed by atoms with Gasteiger partial charge in [-0.25, -0.2) is 4.98 Å². The highest BCUT2D eigenvalue weighted by molar-refractivity contribution is 5.46. The quantitative estimate of drug-likeness (QED) is 0.814. The van der Waals surface area contributed by atoms with Gasteiger partial charge >= 0.3 is 0 Å². The molecule has 0 bridgehead atoms. The molecule has 0 saturated carbocycles. The Morgan fingerprint density at radius 1 is 1.62 bits per heavy atom. The number of hydrogen-bond donors (Lipinski definition) is 1. The lowest BCUT2D eigenvalue weighted by Gasteiger charge is -2.25. The molecule has 1 fully saturated rings. The van der Waals surface area contributed by atoms with Gasteiger partial charge in [0.2, 0.25) is 0 Å². The van der Waals surface area contributed by atoms with E-state index in [1.54, 1.807) is 0 Å². The number of pyridine rings is 1. The van der Waals surface area contributed by atoms with Crippen LogP contribution >= 0.6 is 0 Å². The Bertz CT molecular complexity index is 343. The molecule has 1 aromatic heterocycles. The van der Waals surface area contributed by atoms with Crippen molar-refractivity contribution >= 4 is 5.82 Å². The summed E-state index contributed by atoms with van der Waals surface area (Å²) in [4.78, 5) is 6.72. The van der Waals surface area contributed by atoms with E-state index in [1.165, 1.54) is 0 Å². The number of nitrogens with zero attached hydrogens (tertiary/aromatic N) is 2. The molecular weight excluding hydrogens is 202 g/mol. The summed E-state index contributed by atoms with van der Waals surface area (Å²) in [6, 6.07) is 3.97. The molecule has 0 amide bonds. The molecule has 16 heavy (non-hydrogen) atoms. The molecule has 4 heteroatoms. The van der Waals surface area contributed by atoms with Gasteiger partial charge in [0.1, 0.15) is 5.82 Å². The van der Waals surface area contributed by atoms with E-state index in [2.05, 4.69) is 16.8 Å². The fourth-order valence-corrected chi connectivity index (χ4v) is 2.06. The van der Waals surface area contributed by atoms with Crippen molar-refractivity contribution in [2.24, 2.45) is 5.73 Å². The van der Waals surface area contributed by atoms with Crippen LogP contribution in [0, 0.1) is 0 Å². The molecule has 2 heterocycles. The van der Waals surface area contributed by atoms with Gasteiger partial charge in [-0.3, -0.25) is 0 Å². The molecule has 1 unspecified atom stereocenters. The van der Waals surface area contributed by atoms with Gasteiger partial charge < -0.3 is 15.4 Å². The van der Waals surface area contributed by atoms with Gasteiger partial charge in [0, 0.05) is 38.0 Å². The maximum atomic E-state index is 5.73. The van der Waals surface area contributed by atoms with E-state index in [-0.39, 0.29) is 6.10 Å². The summed E-state index contributed by atoms with van der Waals surface area (Å²) in [5, 5.41) is 0. The molecule has 1 aliphatic heterocycles. The van der Waals surface area contributed by atoms with Crippen LogP contribution in [0.5, 0.6) is 0 Å². The largest absolute Gasteiger partial charge is 0.377 e. The number of hydrogen-bond acceptors (Lipinski definition) is 4. The highest BCUT2D eigenvalue weighted by Gasteiger charge is 2.17. The minimum Gasteiger partial charge on any atom is -0.377 e. The van der Waals surface area contributed by atoms with Gasteiger partial charge in [0.05, 0.1) is 6.10 Å². The zero-order chi connectivity index (χ0) is 11.4. The second kappa shape index (κ2) is 5.27. The van der Waals surface area contributed by atoms with E-state index in [0.29, 0.717) is 6.54 Å². The van der Waals surface area contributed by atoms with Crippen molar-refractivity contribution in [1.29, 1.82) is 0 Å². The topological polar surface area (TPSA) is 51.4 Å². The van der Waals surface area contributed by atoms with Crippen LogP contribution in [0.4, 0.5) is 5.82 Å². The smallest absolute Gasteiger partial charge is 0.133 e. The monoisotopic (exact) mass is 221 g/mol. The maximum Gasteiger partial charge on any atom is 0.133 e. The zero-order valence-corrected chi connectivity index (χ0v) is 9.72. The van der Waals surface area contributed by atoms with Crippen LogP contribution in [0.1, 0.15) is 18.9 Å². The van der Waals surface area contributed by atoms with Crippen molar-refractivity contribution in [3.05, 3.63) is 23.9 Å². The maximum absolute atomic E-state index is 5.73. The first-order chi connectivity index (χ1) is 7.81. The molecule has 2 N–H and O–H groups in total. The molecule has 0 aliphatic carbocycles. The second-order valence-electron chi connectivity index (χ2n) is 4.17. The third kappa shape index (κ3) is 2.51. The summed E-state index contributed by atoms with van der Waals surface area (Å²) in [5.41, 5.74) is 6.84. The third-order valence-electron chi connectivity index (χ3n) is 2.84.